The minimum absolute atomic E-state index is 0.0618. The van der Waals surface area contributed by atoms with Crippen LogP contribution in [0, 0.1) is 58.2 Å². The van der Waals surface area contributed by atoms with Crippen molar-refractivity contribution < 1.29 is 67.7 Å². The molecule has 0 aromatic heterocycles. The lowest BCUT2D eigenvalue weighted by Gasteiger charge is -2.09. The first-order valence-corrected chi connectivity index (χ1v) is 8.68. The number of hydrogen-bond acceptors (Lipinski definition) is 5. The molecule has 34 heavy (non-hydrogen) atoms. The van der Waals surface area contributed by atoms with Gasteiger partial charge in [0, 0.05) is 6.07 Å². The smallest absolute Gasteiger partial charge is 0.313 e. The molecule has 0 fully saturated rings. The van der Waals surface area contributed by atoms with Gasteiger partial charge in [0.25, 0.3) is 0 Å². The summed E-state index contributed by atoms with van der Waals surface area (Å²) in [4.78, 5) is 22.0. The lowest BCUT2D eigenvalue weighted by Crippen LogP contribution is -2.16. The van der Waals surface area contributed by atoms with Crippen LogP contribution in [0.4, 0.5) is 43.9 Å². The zero-order valence-electron chi connectivity index (χ0n) is 16.7. The van der Waals surface area contributed by atoms with Crippen LogP contribution in [0.5, 0.6) is 5.75 Å². The van der Waals surface area contributed by atoms with Gasteiger partial charge >= 0.3 is 11.9 Å². The van der Waals surface area contributed by atoms with Crippen molar-refractivity contribution in [3.05, 3.63) is 64.2 Å². The van der Waals surface area contributed by atoms with Crippen molar-refractivity contribution in [2.24, 2.45) is 0 Å². The molecular formula is C19H12F10O5. The van der Waals surface area contributed by atoms with Crippen LogP contribution in [-0.4, -0.2) is 32.3 Å². The van der Waals surface area contributed by atoms with Gasteiger partial charge in [-0.05, 0) is 0 Å². The second kappa shape index (κ2) is 12.8. The highest BCUT2D eigenvalue weighted by atomic mass is 19.2. The SMILES string of the molecule is COC(=O)CCOCCC(=O)Oc1c(F)c(F)c(F)c(F)c1F.Fc1cc(F)c(F)c(F)c1F. The maximum Gasteiger partial charge on any atom is 0.313 e. The second-order valence-electron chi connectivity index (χ2n) is 5.84. The molecule has 0 amide bonds. The topological polar surface area (TPSA) is 61.8 Å². The molecule has 0 bridgehead atoms. The number of methoxy groups -OCH3 is 1. The molecule has 0 spiro atoms. The van der Waals surface area contributed by atoms with Crippen LogP contribution in [0.3, 0.4) is 0 Å². The summed E-state index contributed by atoms with van der Waals surface area (Å²) < 4.78 is 138. The maximum atomic E-state index is 13.3. The fraction of sp³-hybridized carbons (Fsp3) is 0.263. The third-order valence-electron chi connectivity index (χ3n) is 3.57. The molecule has 0 aliphatic rings. The van der Waals surface area contributed by atoms with E-state index in [9.17, 15) is 53.5 Å². The largest absolute Gasteiger partial charge is 0.469 e. The third-order valence-corrected chi connectivity index (χ3v) is 3.57. The predicted octanol–water partition coefficient (Wildman–Crippen LogP) is 4.64. The second-order valence-corrected chi connectivity index (χ2v) is 5.84. The standard InChI is InChI=1S/C13H11F5O5.C6HF5/c1-21-6(19)2-4-22-5-3-7(20)23-13-11(17)9(15)8(14)10(16)12(13)18;7-2-1-3(8)5(10)6(11)4(2)9/h2-5H2,1H3;1H. The lowest BCUT2D eigenvalue weighted by molar-refractivity contribution is -0.141. The number of ether oxygens (including phenoxy) is 3. The van der Waals surface area contributed by atoms with Crippen molar-refractivity contribution in [2.75, 3.05) is 20.3 Å². The van der Waals surface area contributed by atoms with E-state index < -0.39 is 82.3 Å². The molecule has 0 heterocycles. The Balaban J connectivity index is 0.000000437. The molecule has 0 unspecified atom stereocenters. The number of esters is 2. The average Bonchev–Trinajstić information content (AvgIpc) is 2.81. The Kier molecular flexibility index (Phi) is 10.8. The minimum atomic E-state index is -2.36. The van der Waals surface area contributed by atoms with Crippen LogP contribution >= 0.6 is 0 Å². The fourth-order valence-electron chi connectivity index (χ4n) is 1.90. The van der Waals surface area contributed by atoms with Crippen LogP contribution in [0.25, 0.3) is 0 Å². The van der Waals surface area contributed by atoms with E-state index in [1.165, 1.54) is 7.11 Å². The Morgan fingerprint density at radius 2 is 1.00 bits per heavy atom. The molecule has 2 aromatic rings. The quantitative estimate of drug-likeness (QED) is 0.136. The maximum absolute atomic E-state index is 13.3. The lowest BCUT2D eigenvalue weighted by atomic mass is 10.2. The van der Waals surface area contributed by atoms with Gasteiger partial charge in [-0.15, -0.1) is 0 Å². The van der Waals surface area contributed by atoms with Crippen molar-refractivity contribution in [1.29, 1.82) is 0 Å². The molecule has 2 aromatic carbocycles. The Bertz CT molecular complexity index is 1010. The summed E-state index contributed by atoms with van der Waals surface area (Å²) in [5.41, 5.74) is 0. The Morgan fingerprint density at radius 3 is 1.44 bits per heavy atom. The average molecular weight is 510 g/mol. The van der Waals surface area contributed by atoms with E-state index in [2.05, 4.69) is 9.47 Å². The van der Waals surface area contributed by atoms with E-state index in [0.717, 1.165) is 0 Å². The molecular weight excluding hydrogens is 498 g/mol. The van der Waals surface area contributed by atoms with Gasteiger partial charge in [-0.3, -0.25) is 9.59 Å². The Morgan fingerprint density at radius 1 is 0.618 bits per heavy atom. The summed E-state index contributed by atoms with van der Waals surface area (Å²) in [7, 11) is 1.17. The first kappa shape index (κ1) is 28.7. The zero-order valence-corrected chi connectivity index (χ0v) is 16.7. The summed E-state index contributed by atoms with van der Waals surface area (Å²) in [6.07, 6.45) is -0.607. The van der Waals surface area contributed by atoms with Crippen molar-refractivity contribution >= 4 is 11.9 Å². The summed E-state index contributed by atoms with van der Waals surface area (Å²) >= 11 is 0. The molecule has 0 radical (unpaired) electrons. The van der Waals surface area contributed by atoms with Crippen molar-refractivity contribution in [1.82, 2.24) is 0 Å². The van der Waals surface area contributed by atoms with Gasteiger partial charge in [-0.25, -0.2) is 35.1 Å². The van der Waals surface area contributed by atoms with E-state index in [1.54, 1.807) is 0 Å². The predicted molar refractivity (Wildman–Crippen MR) is 90.2 cm³/mol. The number of carbonyl (C=O) groups excluding carboxylic acids is 2. The number of benzene rings is 2. The summed E-state index contributed by atoms with van der Waals surface area (Å²) in [6.45, 7) is -0.367. The number of carbonyl (C=O) groups is 2. The molecule has 2 rings (SSSR count). The monoisotopic (exact) mass is 510 g/mol. The van der Waals surface area contributed by atoms with Crippen LogP contribution in [0.1, 0.15) is 12.8 Å². The highest BCUT2D eigenvalue weighted by molar-refractivity contribution is 5.72. The summed E-state index contributed by atoms with van der Waals surface area (Å²) in [5.74, 6) is -24.4. The van der Waals surface area contributed by atoms with Gasteiger partial charge in [-0.1, -0.05) is 0 Å². The van der Waals surface area contributed by atoms with Crippen LogP contribution in [0.15, 0.2) is 6.07 Å². The van der Waals surface area contributed by atoms with Gasteiger partial charge in [0.05, 0.1) is 33.2 Å². The molecule has 0 saturated carbocycles. The highest BCUT2D eigenvalue weighted by Gasteiger charge is 2.28. The van der Waals surface area contributed by atoms with Gasteiger partial charge in [-0.2, -0.15) is 8.78 Å². The summed E-state index contributed by atoms with van der Waals surface area (Å²) in [6, 6.07) is -0.0618. The van der Waals surface area contributed by atoms with E-state index >= 15 is 0 Å². The molecule has 0 saturated heterocycles. The third kappa shape index (κ3) is 7.33. The van der Waals surface area contributed by atoms with Crippen molar-refractivity contribution in [3.8, 4) is 5.75 Å². The van der Waals surface area contributed by atoms with Gasteiger partial charge < -0.3 is 14.2 Å². The fourth-order valence-corrected chi connectivity index (χ4v) is 1.90. The minimum Gasteiger partial charge on any atom is -0.469 e. The molecule has 0 aliphatic carbocycles. The Hall–Kier alpha value is -3.36. The van der Waals surface area contributed by atoms with Crippen LogP contribution in [0.2, 0.25) is 0 Å². The van der Waals surface area contributed by atoms with Crippen molar-refractivity contribution in [3.63, 3.8) is 0 Å². The highest BCUT2D eigenvalue weighted by Crippen LogP contribution is 2.29. The van der Waals surface area contributed by atoms with E-state index in [-0.39, 0.29) is 25.7 Å². The first-order chi connectivity index (χ1) is 15.8. The molecule has 0 N–H and O–H groups in total. The normalized spacial score (nSPS) is 10.4. The molecule has 5 nitrogen and oxygen atoms in total. The molecule has 0 atom stereocenters. The van der Waals surface area contributed by atoms with Gasteiger partial charge in [0.15, 0.2) is 23.3 Å². The first-order valence-electron chi connectivity index (χ1n) is 8.68. The van der Waals surface area contributed by atoms with Crippen LogP contribution < -0.4 is 4.74 Å². The molecule has 188 valence electrons. The van der Waals surface area contributed by atoms with Gasteiger partial charge in [0.2, 0.25) is 40.7 Å². The van der Waals surface area contributed by atoms with E-state index in [0.29, 0.717) is 0 Å². The number of hydrogen-bond donors (Lipinski definition) is 0. The molecule has 15 heteroatoms. The van der Waals surface area contributed by atoms with Crippen molar-refractivity contribution in [2.45, 2.75) is 12.8 Å². The van der Waals surface area contributed by atoms with Crippen LogP contribution in [-0.2, 0) is 19.1 Å². The van der Waals surface area contributed by atoms with E-state index in [1.807, 2.05) is 0 Å². The summed E-state index contributed by atoms with van der Waals surface area (Å²) in [5, 5.41) is 0. The number of halogens is 10. The zero-order chi connectivity index (χ0) is 26.2. The molecule has 0 aliphatic heterocycles. The number of rotatable bonds is 7. The van der Waals surface area contributed by atoms with Gasteiger partial charge in [0.1, 0.15) is 0 Å². The Labute approximate surface area is 183 Å². The van der Waals surface area contributed by atoms with E-state index in [4.69, 9.17) is 4.74 Å².